The Hall–Kier alpha value is -4.19. The predicted molar refractivity (Wildman–Crippen MR) is 136 cm³/mol. The summed E-state index contributed by atoms with van der Waals surface area (Å²) in [5.74, 6) is 0.650. The molecule has 2 atom stereocenters. The van der Waals surface area contributed by atoms with Gasteiger partial charge in [0.25, 0.3) is 5.91 Å². The zero-order chi connectivity index (χ0) is 24.4. The number of oxazole rings is 1. The van der Waals surface area contributed by atoms with E-state index in [-0.39, 0.29) is 23.9 Å². The maximum Gasteiger partial charge on any atom is 0.258 e. The third kappa shape index (κ3) is 4.23. The van der Waals surface area contributed by atoms with Gasteiger partial charge in [-0.3, -0.25) is 9.59 Å². The van der Waals surface area contributed by atoms with E-state index in [4.69, 9.17) is 4.42 Å². The summed E-state index contributed by atoms with van der Waals surface area (Å²) in [6, 6.07) is 24.8. The Morgan fingerprint density at radius 3 is 2.40 bits per heavy atom. The van der Waals surface area contributed by atoms with Crippen LogP contribution in [0.3, 0.4) is 0 Å². The number of carbonyl (C=O) groups excluding carboxylic acids is 2. The van der Waals surface area contributed by atoms with Gasteiger partial charge in [-0.05, 0) is 49.2 Å². The second-order valence-electron chi connectivity index (χ2n) is 8.73. The number of amides is 2. The van der Waals surface area contributed by atoms with Crippen molar-refractivity contribution in [3.8, 4) is 11.3 Å². The highest BCUT2D eigenvalue weighted by Crippen LogP contribution is 2.43. The number of nitrogens with zero attached hydrogens (tertiary/aromatic N) is 3. The van der Waals surface area contributed by atoms with Gasteiger partial charge in [0, 0.05) is 35.0 Å². The zero-order valence-corrected chi connectivity index (χ0v) is 19.8. The molecule has 0 N–H and O–H groups in total. The van der Waals surface area contributed by atoms with Crippen LogP contribution in [0.4, 0.5) is 11.4 Å². The smallest absolute Gasteiger partial charge is 0.258 e. The summed E-state index contributed by atoms with van der Waals surface area (Å²) < 4.78 is 5.36. The lowest BCUT2D eigenvalue weighted by molar-refractivity contribution is -0.118. The largest absolute Gasteiger partial charge is 0.444 e. The molecule has 0 saturated carbocycles. The molecule has 3 aromatic carbocycles. The molecular weight excluding hydrogens is 438 g/mol. The molecule has 0 bridgehead atoms. The molecule has 1 aromatic heterocycles. The Morgan fingerprint density at radius 1 is 1.00 bits per heavy atom. The Labute approximate surface area is 204 Å². The van der Waals surface area contributed by atoms with E-state index in [9.17, 15) is 9.59 Å². The lowest BCUT2D eigenvalue weighted by Gasteiger charge is -2.43. The van der Waals surface area contributed by atoms with Gasteiger partial charge in [-0.2, -0.15) is 0 Å². The van der Waals surface area contributed by atoms with E-state index >= 15 is 0 Å². The normalized spacial score (nSPS) is 17.0. The second kappa shape index (κ2) is 9.58. The van der Waals surface area contributed by atoms with Crippen molar-refractivity contribution in [3.63, 3.8) is 0 Å². The molecule has 2 heterocycles. The minimum Gasteiger partial charge on any atom is -0.444 e. The number of hydrogen-bond acceptors (Lipinski definition) is 4. The average molecular weight is 466 g/mol. The maximum atomic E-state index is 13.7. The molecule has 2 unspecified atom stereocenters. The van der Waals surface area contributed by atoms with Crippen molar-refractivity contribution in [2.75, 3.05) is 9.80 Å². The van der Waals surface area contributed by atoms with Gasteiger partial charge in [-0.15, -0.1) is 0 Å². The Balaban J connectivity index is 1.51. The molecule has 0 spiro atoms. The topological polar surface area (TPSA) is 66.7 Å². The van der Waals surface area contributed by atoms with Gasteiger partial charge < -0.3 is 14.2 Å². The SMILES string of the molecule is CCC(=O)N(c1ccccc1)C1CC(C)N(C(=O)c2ccc(-c3cnco3)cc2)c2ccccc21. The molecule has 1 aliphatic rings. The van der Waals surface area contributed by atoms with Crippen molar-refractivity contribution in [2.45, 2.75) is 38.8 Å². The van der Waals surface area contributed by atoms with Crippen molar-refractivity contribution in [3.05, 3.63) is 103 Å². The first-order chi connectivity index (χ1) is 17.1. The summed E-state index contributed by atoms with van der Waals surface area (Å²) in [5, 5.41) is 0. The highest BCUT2D eigenvalue weighted by Gasteiger charge is 2.38. The molecule has 0 saturated heterocycles. The van der Waals surface area contributed by atoms with Crippen molar-refractivity contribution < 1.29 is 14.0 Å². The number of carbonyl (C=O) groups is 2. The van der Waals surface area contributed by atoms with Crippen LogP contribution in [0.2, 0.25) is 0 Å². The minimum atomic E-state index is -0.158. The lowest BCUT2D eigenvalue weighted by Crippen LogP contribution is -2.47. The summed E-state index contributed by atoms with van der Waals surface area (Å²) in [7, 11) is 0. The van der Waals surface area contributed by atoms with Crippen molar-refractivity contribution in [2.24, 2.45) is 0 Å². The third-order valence-electron chi connectivity index (χ3n) is 6.55. The van der Waals surface area contributed by atoms with Gasteiger partial charge in [0.15, 0.2) is 12.2 Å². The first kappa shape index (κ1) is 22.6. The van der Waals surface area contributed by atoms with Crippen molar-refractivity contribution in [1.82, 2.24) is 4.98 Å². The number of hydrogen-bond donors (Lipinski definition) is 0. The average Bonchev–Trinajstić information content (AvgIpc) is 3.44. The van der Waals surface area contributed by atoms with E-state index in [1.165, 1.54) is 6.39 Å². The second-order valence-corrected chi connectivity index (χ2v) is 8.73. The first-order valence-electron chi connectivity index (χ1n) is 11.9. The van der Waals surface area contributed by atoms with Crippen LogP contribution in [-0.4, -0.2) is 22.8 Å². The van der Waals surface area contributed by atoms with Crippen LogP contribution >= 0.6 is 0 Å². The predicted octanol–water partition coefficient (Wildman–Crippen LogP) is 6.26. The van der Waals surface area contributed by atoms with Crippen LogP contribution in [0.1, 0.15) is 48.7 Å². The van der Waals surface area contributed by atoms with E-state index < -0.39 is 0 Å². The van der Waals surface area contributed by atoms with Crippen LogP contribution in [-0.2, 0) is 4.79 Å². The number of rotatable bonds is 5. The molecule has 1 aliphatic heterocycles. The summed E-state index contributed by atoms with van der Waals surface area (Å²) in [6.07, 6.45) is 4.08. The maximum absolute atomic E-state index is 13.7. The first-order valence-corrected chi connectivity index (χ1v) is 11.9. The number of para-hydroxylation sites is 2. The van der Waals surface area contributed by atoms with Gasteiger partial charge in [0.05, 0.1) is 12.2 Å². The highest BCUT2D eigenvalue weighted by molar-refractivity contribution is 6.07. The molecule has 2 amide bonds. The molecule has 5 rings (SSSR count). The fourth-order valence-electron chi connectivity index (χ4n) is 4.87. The van der Waals surface area contributed by atoms with E-state index in [2.05, 4.69) is 4.98 Å². The molecule has 0 fully saturated rings. The molecule has 0 aliphatic carbocycles. The summed E-state index contributed by atoms with van der Waals surface area (Å²) in [5.41, 5.74) is 4.14. The molecule has 4 aromatic rings. The standard InChI is InChI=1S/C29H27N3O3/c1-3-28(33)32(23-9-5-4-6-10-23)26-17-20(2)31(25-12-8-7-11-24(25)26)29(34)22-15-13-21(14-16-22)27-18-30-19-35-27/h4-16,18-20,26H,3,17H2,1-2H3. The van der Waals surface area contributed by atoms with E-state index in [0.29, 0.717) is 24.2 Å². The van der Waals surface area contributed by atoms with Crippen LogP contribution in [0.15, 0.2) is 95.9 Å². The number of benzene rings is 3. The van der Waals surface area contributed by atoms with Gasteiger partial charge in [0.1, 0.15) is 0 Å². The van der Waals surface area contributed by atoms with Crippen LogP contribution in [0.5, 0.6) is 0 Å². The Morgan fingerprint density at radius 2 is 1.71 bits per heavy atom. The number of anilines is 2. The van der Waals surface area contributed by atoms with Crippen molar-refractivity contribution >= 4 is 23.2 Å². The number of fused-ring (bicyclic) bond motifs is 1. The van der Waals surface area contributed by atoms with Crippen LogP contribution in [0.25, 0.3) is 11.3 Å². The van der Waals surface area contributed by atoms with Gasteiger partial charge in [0.2, 0.25) is 5.91 Å². The van der Waals surface area contributed by atoms with E-state index in [0.717, 1.165) is 22.5 Å². The summed E-state index contributed by atoms with van der Waals surface area (Å²) in [6.45, 7) is 3.93. The fraction of sp³-hybridized carbons (Fsp3) is 0.207. The number of aromatic nitrogens is 1. The van der Waals surface area contributed by atoms with Gasteiger partial charge >= 0.3 is 0 Å². The van der Waals surface area contributed by atoms with E-state index in [1.54, 1.807) is 6.20 Å². The Kier molecular flexibility index (Phi) is 6.19. The van der Waals surface area contributed by atoms with Gasteiger partial charge in [-0.1, -0.05) is 55.5 Å². The highest BCUT2D eigenvalue weighted by atomic mass is 16.3. The zero-order valence-electron chi connectivity index (χ0n) is 19.8. The van der Waals surface area contributed by atoms with E-state index in [1.807, 2.05) is 103 Å². The third-order valence-corrected chi connectivity index (χ3v) is 6.55. The molecular formula is C29H27N3O3. The summed E-state index contributed by atoms with van der Waals surface area (Å²) >= 11 is 0. The molecule has 6 heteroatoms. The molecule has 35 heavy (non-hydrogen) atoms. The monoisotopic (exact) mass is 465 g/mol. The van der Waals surface area contributed by atoms with Crippen molar-refractivity contribution in [1.29, 1.82) is 0 Å². The van der Waals surface area contributed by atoms with Gasteiger partial charge in [-0.25, -0.2) is 4.98 Å². The lowest BCUT2D eigenvalue weighted by atomic mass is 9.89. The Bertz CT molecular complexity index is 1320. The molecule has 0 radical (unpaired) electrons. The molecule has 176 valence electrons. The quantitative estimate of drug-likeness (QED) is 0.349. The summed E-state index contributed by atoms with van der Waals surface area (Å²) in [4.78, 5) is 34.5. The van der Waals surface area contributed by atoms with Crippen LogP contribution in [0, 0.1) is 0 Å². The minimum absolute atomic E-state index is 0.0611. The fourth-order valence-corrected chi connectivity index (χ4v) is 4.87. The molecule has 6 nitrogen and oxygen atoms in total. The van der Waals surface area contributed by atoms with Crippen LogP contribution < -0.4 is 9.80 Å².